The van der Waals surface area contributed by atoms with Crippen LogP contribution in [0.5, 0.6) is 0 Å². The van der Waals surface area contributed by atoms with Crippen molar-refractivity contribution in [2.45, 2.75) is 171 Å². The number of aliphatic hydroxyl groups excluding tert-OH is 2. The Bertz CT molecular complexity index is 1200. The van der Waals surface area contributed by atoms with Crippen LogP contribution in [0.4, 0.5) is 0 Å². The lowest BCUT2D eigenvalue weighted by molar-refractivity contribution is -0.193. The minimum atomic E-state index is -0.839. The summed E-state index contributed by atoms with van der Waals surface area (Å²) in [6, 6.07) is 0. The predicted molar refractivity (Wildman–Crippen MR) is 196 cm³/mol. The van der Waals surface area contributed by atoms with Gasteiger partial charge in [0.1, 0.15) is 17.6 Å². The second kappa shape index (κ2) is 26.4. The minimum Gasteiger partial charge on any atom is -0.497 e. The molecule has 14 heteroatoms. The molecule has 4 aliphatic heterocycles. The van der Waals surface area contributed by atoms with Crippen molar-refractivity contribution >= 4 is 24.2 Å². The maximum absolute atomic E-state index is 11.7. The molecule has 2 fully saturated rings. The SMILES string of the molecule is CCC1OC(O)C[C@@]1(C)CC.CCC1OC=C[C@@]1(C)CC.CCOC(=O)[C@@]1(C)C=COC1CC.CCOC(=O)[C@@]1(C)CC(O)OC1CC.O=C=O.O=C=O. The number of aliphatic hydroxyl groups is 2. The lowest BCUT2D eigenvalue weighted by Gasteiger charge is -2.26. The Kier molecular flexibility index (Phi) is 25.8. The third kappa shape index (κ3) is 15.4. The van der Waals surface area contributed by atoms with E-state index in [2.05, 4.69) is 47.6 Å². The monoisotopic (exact) mass is 772 g/mol. The third-order valence-electron chi connectivity index (χ3n) is 10.6. The smallest absolute Gasteiger partial charge is 0.373 e. The van der Waals surface area contributed by atoms with Crippen LogP contribution in [-0.2, 0) is 57.2 Å². The molecule has 312 valence electrons. The normalized spacial score (nSPS) is 33.7. The van der Waals surface area contributed by atoms with Crippen LogP contribution < -0.4 is 0 Å². The molecule has 0 aromatic rings. The fraction of sp³-hybridized carbons (Fsp3) is 0.800. The van der Waals surface area contributed by atoms with Crippen molar-refractivity contribution in [2.75, 3.05) is 13.2 Å². The quantitative estimate of drug-likeness (QED) is 0.230. The zero-order valence-electron chi connectivity index (χ0n) is 34.6. The summed E-state index contributed by atoms with van der Waals surface area (Å²) in [6.07, 6.45) is 13.9. The van der Waals surface area contributed by atoms with Gasteiger partial charge in [0.15, 0.2) is 12.6 Å². The van der Waals surface area contributed by atoms with Crippen LogP contribution in [-0.4, -0.2) is 84.7 Å². The molecule has 10 atom stereocenters. The van der Waals surface area contributed by atoms with Gasteiger partial charge in [-0.25, -0.2) is 0 Å². The van der Waals surface area contributed by atoms with Gasteiger partial charge in [-0.2, -0.15) is 19.2 Å². The summed E-state index contributed by atoms with van der Waals surface area (Å²) in [6.45, 7) is 25.0. The number of ether oxygens (including phenoxy) is 6. The Labute approximate surface area is 322 Å². The molecule has 0 saturated carbocycles. The maximum atomic E-state index is 11.7. The largest absolute Gasteiger partial charge is 0.497 e. The molecular formula is C40H68O14. The molecule has 0 spiro atoms. The van der Waals surface area contributed by atoms with Gasteiger partial charge >= 0.3 is 24.2 Å². The molecular weight excluding hydrogens is 704 g/mol. The summed E-state index contributed by atoms with van der Waals surface area (Å²) in [5.41, 5.74) is -0.780. The molecule has 6 unspecified atom stereocenters. The summed E-state index contributed by atoms with van der Waals surface area (Å²) in [5, 5.41) is 18.6. The van der Waals surface area contributed by atoms with Crippen LogP contribution in [0, 0.1) is 21.7 Å². The van der Waals surface area contributed by atoms with Gasteiger partial charge in [0.25, 0.3) is 0 Å². The van der Waals surface area contributed by atoms with Crippen LogP contribution in [0.3, 0.4) is 0 Å². The van der Waals surface area contributed by atoms with E-state index >= 15 is 0 Å². The van der Waals surface area contributed by atoms with E-state index in [0.29, 0.717) is 37.6 Å². The van der Waals surface area contributed by atoms with Crippen LogP contribution in [0.2, 0.25) is 0 Å². The first-order valence-electron chi connectivity index (χ1n) is 19.0. The van der Waals surface area contributed by atoms with Crippen molar-refractivity contribution < 1.29 is 67.4 Å². The lowest BCUT2D eigenvalue weighted by Crippen LogP contribution is -2.37. The van der Waals surface area contributed by atoms with Gasteiger partial charge in [-0.3, -0.25) is 9.59 Å². The second-order valence-corrected chi connectivity index (χ2v) is 14.2. The standard InChI is InChI=1S/C10H18O4.C10H16O3.C9H18O2.C9H16O.2CO2/c1-4-7-10(3,6-8(11)14-7)9(12)13-5-2;1-4-8-10(3,6-7-13-8)9(11)12-5-2;1-4-7-9(3,5-2)6-8(10)11-7;1-4-8-9(3,5-2)6-7-10-8;2*2-1-3/h7-8,11H,4-6H2,1-3H3;6-8H,4-5H2,1-3H3;7-8,10H,4-6H2,1-3H3;6-8H,4-5H2,1-3H3;;/t7?,8?,10-;8?,10-;7?,8?,9-;8?,9-;;/m0011../s1. The fourth-order valence-corrected chi connectivity index (χ4v) is 6.82. The van der Waals surface area contributed by atoms with Gasteiger partial charge in [-0.1, -0.05) is 55.4 Å². The second-order valence-electron chi connectivity index (χ2n) is 14.2. The van der Waals surface area contributed by atoms with E-state index in [9.17, 15) is 19.8 Å². The van der Waals surface area contributed by atoms with Crippen LogP contribution in [0.15, 0.2) is 24.7 Å². The Hall–Kier alpha value is -3.38. The maximum Gasteiger partial charge on any atom is 0.373 e. The summed E-state index contributed by atoms with van der Waals surface area (Å²) >= 11 is 0. The predicted octanol–water partition coefficient (Wildman–Crippen LogP) is 6.43. The molecule has 0 bridgehead atoms. The third-order valence-corrected chi connectivity index (χ3v) is 10.6. The van der Waals surface area contributed by atoms with E-state index in [1.165, 1.54) is 6.42 Å². The first kappa shape index (κ1) is 52.7. The molecule has 4 rings (SSSR count). The van der Waals surface area contributed by atoms with Gasteiger partial charge in [-0.05, 0) is 83.8 Å². The number of hydrogen-bond acceptors (Lipinski definition) is 14. The summed E-state index contributed by atoms with van der Waals surface area (Å²) in [7, 11) is 0. The number of carbonyl (C=O) groups is 2. The first-order valence-corrected chi connectivity index (χ1v) is 19.0. The fourth-order valence-electron chi connectivity index (χ4n) is 6.82. The number of rotatable bonds is 10. The highest BCUT2D eigenvalue weighted by Crippen LogP contribution is 2.42. The summed E-state index contributed by atoms with van der Waals surface area (Å²) < 4.78 is 31.3. The molecule has 0 aromatic carbocycles. The number of esters is 2. The van der Waals surface area contributed by atoms with Crippen LogP contribution >= 0.6 is 0 Å². The molecule has 0 aromatic heterocycles. The molecule has 2 N–H and O–H groups in total. The zero-order chi connectivity index (χ0) is 42.2. The number of hydrogen-bond donors (Lipinski definition) is 2. The van der Waals surface area contributed by atoms with Gasteiger partial charge in [-0.15, -0.1) is 0 Å². The molecule has 0 amide bonds. The van der Waals surface area contributed by atoms with Crippen molar-refractivity contribution in [3.8, 4) is 0 Å². The van der Waals surface area contributed by atoms with E-state index in [-0.39, 0.29) is 48.0 Å². The van der Waals surface area contributed by atoms with E-state index in [0.717, 1.165) is 32.1 Å². The van der Waals surface area contributed by atoms with E-state index in [4.69, 9.17) is 47.6 Å². The first-order chi connectivity index (χ1) is 25.4. The molecule has 4 heterocycles. The topological polar surface area (TPSA) is 198 Å². The van der Waals surface area contributed by atoms with Gasteiger partial charge in [0, 0.05) is 18.3 Å². The molecule has 2 saturated heterocycles. The van der Waals surface area contributed by atoms with E-state index in [1.807, 2.05) is 34.0 Å². The summed E-state index contributed by atoms with van der Waals surface area (Å²) in [4.78, 5) is 55.8. The Morgan fingerprint density at radius 1 is 0.630 bits per heavy atom. The molecule has 0 aliphatic carbocycles. The van der Waals surface area contributed by atoms with Crippen molar-refractivity contribution in [1.29, 1.82) is 0 Å². The van der Waals surface area contributed by atoms with Crippen molar-refractivity contribution in [2.24, 2.45) is 21.7 Å². The lowest BCUT2D eigenvalue weighted by atomic mass is 9.79. The molecule has 4 aliphatic rings. The number of carbonyl (C=O) groups excluding carboxylic acids is 6. The Morgan fingerprint density at radius 3 is 1.46 bits per heavy atom. The molecule has 54 heavy (non-hydrogen) atoms. The van der Waals surface area contributed by atoms with Crippen molar-refractivity contribution in [3.05, 3.63) is 24.7 Å². The van der Waals surface area contributed by atoms with Crippen LogP contribution in [0.1, 0.15) is 134 Å². The average Bonchev–Trinajstić information content (AvgIpc) is 3.89. The van der Waals surface area contributed by atoms with Gasteiger partial charge in [0.05, 0.1) is 43.4 Å². The van der Waals surface area contributed by atoms with Crippen molar-refractivity contribution in [1.82, 2.24) is 0 Å². The van der Waals surface area contributed by atoms with Gasteiger partial charge in [0.2, 0.25) is 0 Å². The van der Waals surface area contributed by atoms with Gasteiger partial charge < -0.3 is 38.6 Å². The highest BCUT2D eigenvalue weighted by atomic mass is 16.6. The highest BCUT2D eigenvalue weighted by Gasteiger charge is 2.50. The highest BCUT2D eigenvalue weighted by molar-refractivity contribution is 5.80. The zero-order valence-corrected chi connectivity index (χ0v) is 34.6. The van der Waals surface area contributed by atoms with E-state index in [1.54, 1.807) is 26.2 Å². The summed E-state index contributed by atoms with van der Waals surface area (Å²) in [5.74, 6) is -0.473. The molecule has 0 radical (unpaired) electrons. The van der Waals surface area contributed by atoms with Crippen LogP contribution in [0.25, 0.3) is 0 Å². The Morgan fingerprint density at radius 2 is 1.06 bits per heavy atom. The Balaban J connectivity index is 0. The minimum absolute atomic E-state index is 0.0773. The average molecular weight is 773 g/mol. The van der Waals surface area contributed by atoms with Crippen molar-refractivity contribution in [3.63, 3.8) is 0 Å². The van der Waals surface area contributed by atoms with E-state index < -0.39 is 23.4 Å². The molecule has 14 nitrogen and oxygen atoms in total.